The number of methoxy groups -OCH3 is 3. The number of benzene rings is 1. The van der Waals surface area contributed by atoms with Crippen molar-refractivity contribution in [2.45, 2.75) is 31.0 Å². The van der Waals surface area contributed by atoms with E-state index in [0.717, 1.165) is 18.4 Å². The van der Waals surface area contributed by atoms with E-state index in [0.29, 0.717) is 59.8 Å². The Bertz CT molecular complexity index is 1460. The van der Waals surface area contributed by atoms with E-state index in [1.807, 2.05) is 6.07 Å². The molecule has 11 nitrogen and oxygen atoms in total. The van der Waals surface area contributed by atoms with Gasteiger partial charge in [-0.1, -0.05) is 29.8 Å². The summed E-state index contributed by atoms with van der Waals surface area (Å²) in [5.41, 5.74) is 0.653. The van der Waals surface area contributed by atoms with Gasteiger partial charge in [-0.15, -0.1) is 0 Å². The number of rotatable bonds is 9. The van der Waals surface area contributed by atoms with Gasteiger partial charge in [0.15, 0.2) is 5.82 Å². The molecule has 2 saturated heterocycles. The number of fused-ring (bicyclic) bond motifs is 1. The van der Waals surface area contributed by atoms with Crippen molar-refractivity contribution in [2.24, 2.45) is 0 Å². The van der Waals surface area contributed by atoms with Gasteiger partial charge in [0, 0.05) is 31.7 Å². The smallest absolute Gasteiger partial charge is 0.243 e. The van der Waals surface area contributed by atoms with Crippen LogP contribution in [0.3, 0.4) is 0 Å². The minimum absolute atomic E-state index is 0.182. The lowest BCUT2D eigenvalue weighted by molar-refractivity contribution is -0.117. The molecule has 1 unspecified atom stereocenters. The Labute approximate surface area is 248 Å². The van der Waals surface area contributed by atoms with Crippen LogP contribution < -0.4 is 25.0 Å². The molecular formula is C28H32Cl2N6O5. The number of hydrogen-bond donors (Lipinski definition) is 2. The van der Waals surface area contributed by atoms with Crippen LogP contribution in [0.2, 0.25) is 10.0 Å². The van der Waals surface area contributed by atoms with Gasteiger partial charge in [-0.3, -0.25) is 4.79 Å². The second-order valence-electron chi connectivity index (χ2n) is 10.2. The summed E-state index contributed by atoms with van der Waals surface area (Å²) in [6.07, 6.45) is 3.73. The van der Waals surface area contributed by atoms with E-state index in [4.69, 9.17) is 52.1 Å². The first kappa shape index (κ1) is 29.1. The topological polar surface area (TPSA) is 120 Å². The van der Waals surface area contributed by atoms with Gasteiger partial charge in [-0.2, -0.15) is 0 Å². The van der Waals surface area contributed by atoms with Gasteiger partial charge in [0.2, 0.25) is 5.91 Å². The molecule has 218 valence electrons. The van der Waals surface area contributed by atoms with E-state index in [9.17, 15) is 4.79 Å². The number of carbonyl (C=O) groups is 1. The van der Waals surface area contributed by atoms with E-state index < -0.39 is 0 Å². The second kappa shape index (κ2) is 11.8. The van der Waals surface area contributed by atoms with Crippen molar-refractivity contribution in [1.29, 1.82) is 0 Å². The second-order valence-corrected chi connectivity index (χ2v) is 10.9. The Hall–Kier alpha value is -3.38. The number of carbonyl (C=O) groups excluding carboxylic acids is 1. The number of pyridine rings is 1. The largest absolute Gasteiger partial charge is 0.495 e. The van der Waals surface area contributed by atoms with Crippen LogP contribution >= 0.6 is 23.2 Å². The Balaban J connectivity index is 1.61. The summed E-state index contributed by atoms with van der Waals surface area (Å²) < 4.78 is 22.3. The summed E-state index contributed by atoms with van der Waals surface area (Å²) in [7, 11) is 4.75. The highest BCUT2D eigenvalue weighted by Gasteiger charge is 2.36. The number of aromatic nitrogens is 3. The molecule has 2 N–H and O–H groups in total. The molecule has 0 radical (unpaired) electrons. The van der Waals surface area contributed by atoms with Crippen molar-refractivity contribution in [3.05, 3.63) is 41.0 Å². The molecule has 3 atom stereocenters. The van der Waals surface area contributed by atoms with Crippen LogP contribution in [0.1, 0.15) is 13.3 Å². The fraction of sp³-hybridized carbons (Fsp3) is 0.429. The molecule has 2 aliphatic heterocycles. The Morgan fingerprint density at radius 2 is 1.85 bits per heavy atom. The molecule has 13 heteroatoms. The molecule has 3 aromatic rings. The fourth-order valence-electron chi connectivity index (χ4n) is 5.08. The van der Waals surface area contributed by atoms with Crippen molar-refractivity contribution < 1.29 is 23.7 Å². The minimum atomic E-state index is -0.336. The average Bonchev–Trinajstić information content (AvgIpc) is 3.59. The Kier molecular flexibility index (Phi) is 8.42. The molecule has 0 aliphatic carbocycles. The van der Waals surface area contributed by atoms with Gasteiger partial charge < -0.3 is 34.5 Å². The molecule has 2 aromatic heterocycles. The van der Waals surface area contributed by atoms with Crippen molar-refractivity contribution in [3.63, 3.8) is 0 Å². The van der Waals surface area contributed by atoms with Gasteiger partial charge in [0.25, 0.3) is 0 Å². The van der Waals surface area contributed by atoms with Crippen LogP contribution in [0.15, 0.2) is 31.0 Å². The fourth-order valence-corrected chi connectivity index (χ4v) is 5.75. The van der Waals surface area contributed by atoms with Crippen LogP contribution in [0, 0.1) is 0 Å². The molecule has 4 heterocycles. The van der Waals surface area contributed by atoms with Crippen LogP contribution in [0.25, 0.3) is 22.3 Å². The maximum absolute atomic E-state index is 11.9. The maximum Gasteiger partial charge on any atom is 0.243 e. The highest BCUT2D eigenvalue weighted by Crippen LogP contribution is 2.46. The van der Waals surface area contributed by atoms with Gasteiger partial charge in [-0.25, -0.2) is 15.0 Å². The molecule has 5 rings (SSSR count). The number of halogens is 2. The van der Waals surface area contributed by atoms with E-state index in [2.05, 4.69) is 34.0 Å². The predicted octanol–water partition coefficient (Wildman–Crippen LogP) is 4.11. The molecule has 0 spiro atoms. The van der Waals surface area contributed by atoms with Gasteiger partial charge >= 0.3 is 0 Å². The molecule has 1 amide bonds. The number of amides is 1. The van der Waals surface area contributed by atoms with Gasteiger partial charge in [0.1, 0.15) is 23.1 Å². The van der Waals surface area contributed by atoms with Crippen molar-refractivity contribution in [1.82, 2.24) is 20.3 Å². The Morgan fingerprint density at radius 1 is 1.15 bits per heavy atom. The van der Waals surface area contributed by atoms with Crippen LogP contribution in [0.5, 0.6) is 11.5 Å². The summed E-state index contributed by atoms with van der Waals surface area (Å²) in [6.45, 7) is 7.74. The number of nitrogens with one attached hydrogen (secondary N) is 2. The number of hydrogen-bond acceptors (Lipinski definition) is 10. The predicted molar refractivity (Wildman–Crippen MR) is 158 cm³/mol. The molecular weight excluding hydrogens is 571 g/mol. The first-order valence-electron chi connectivity index (χ1n) is 13.1. The van der Waals surface area contributed by atoms with Gasteiger partial charge in [0.05, 0.1) is 72.4 Å². The zero-order valence-electron chi connectivity index (χ0n) is 23.3. The number of nitrogens with zero attached hydrogens (tertiary/aromatic N) is 4. The van der Waals surface area contributed by atoms with E-state index in [-0.39, 0.29) is 33.6 Å². The van der Waals surface area contributed by atoms with Crippen molar-refractivity contribution in [2.75, 3.05) is 57.8 Å². The normalized spacial score (nSPS) is 22.1. The summed E-state index contributed by atoms with van der Waals surface area (Å²) in [4.78, 5) is 28.5. The molecule has 41 heavy (non-hydrogen) atoms. The highest BCUT2D eigenvalue weighted by molar-refractivity contribution is 6.41. The molecule has 0 bridgehead atoms. The standard InChI is InChI=1S/C28H32Cl2N6O5/c1-6-22(37)33-18-13-41-12-17(18)32-21-9-15-16(11-31-21)34-26(35-27(15)36-8-7-28(2,14-36)40-5)23-24(29)19(38-3)10-20(39-4)25(23)30/h6,9-11,17-18H,1,7-8,12-14H2,2-5H3,(H,31,32)(H,33,37)/t17-,18+,28?/m1/s1. The third-order valence-corrected chi connectivity index (χ3v) is 8.26. The first-order valence-corrected chi connectivity index (χ1v) is 13.8. The lowest BCUT2D eigenvalue weighted by Crippen LogP contribution is -2.45. The van der Waals surface area contributed by atoms with Crippen molar-refractivity contribution in [3.8, 4) is 22.9 Å². The van der Waals surface area contributed by atoms with Gasteiger partial charge in [-0.05, 0) is 25.5 Å². The van der Waals surface area contributed by atoms with Crippen LogP contribution in [0.4, 0.5) is 11.6 Å². The zero-order chi connectivity index (χ0) is 29.3. The highest BCUT2D eigenvalue weighted by atomic mass is 35.5. The third-order valence-electron chi connectivity index (χ3n) is 7.51. The van der Waals surface area contributed by atoms with Crippen LogP contribution in [-0.2, 0) is 14.3 Å². The minimum Gasteiger partial charge on any atom is -0.495 e. The molecule has 1 aromatic carbocycles. The monoisotopic (exact) mass is 602 g/mol. The lowest BCUT2D eigenvalue weighted by atomic mass is 10.1. The lowest BCUT2D eigenvalue weighted by Gasteiger charge is -2.25. The average molecular weight is 604 g/mol. The molecule has 0 saturated carbocycles. The number of ether oxygens (including phenoxy) is 4. The van der Waals surface area contributed by atoms with Crippen molar-refractivity contribution >= 4 is 51.6 Å². The number of anilines is 2. The van der Waals surface area contributed by atoms with Crippen LogP contribution in [-0.4, -0.2) is 86.2 Å². The first-order chi connectivity index (χ1) is 19.7. The molecule has 2 fully saturated rings. The summed E-state index contributed by atoms with van der Waals surface area (Å²) in [5, 5.41) is 7.61. The zero-order valence-corrected chi connectivity index (χ0v) is 24.8. The summed E-state index contributed by atoms with van der Waals surface area (Å²) in [6, 6.07) is 3.11. The quantitative estimate of drug-likeness (QED) is 0.346. The Morgan fingerprint density at radius 3 is 2.49 bits per heavy atom. The van der Waals surface area contributed by atoms with E-state index in [1.54, 1.807) is 19.4 Å². The van der Waals surface area contributed by atoms with E-state index >= 15 is 0 Å². The maximum atomic E-state index is 11.9. The van der Waals surface area contributed by atoms with E-state index in [1.165, 1.54) is 20.3 Å². The third kappa shape index (κ3) is 5.72. The SMILES string of the molecule is C=CC(=O)N[C@H]1COC[C@H]1Nc1cc2c(N3CCC(C)(OC)C3)nc(-c3c(Cl)c(OC)cc(OC)c3Cl)nc2cn1. The summed E-state index contributed by atoms with van der Waals surface area (Å²) in [5.74, 6) is 2.10. The summed E-state index contributed by atoms with van der Waals surface area (Å²) >= 11 is 13.5. The molecule has 2 aliphatic rings.